The number of rotatable bonds is 4. The summed E-state index contributed by atoms with van der Waals surface area (Å²) in [6.07, 6.45) is 7.52. The topological polar surface area (TPSA) is 60.9 Å². The molecule has 1 saturated carbocycles. The molecular weight excluding hydrogens is 264 g/mol. The van der Waals surface area contributed by atoms with E-state index in [2.05, 4.69) is 0 Å². The van der Waals surface area contributed by atoms with Gasteiger partial charge in [0.25, 0.3) is 10.2 Å². The summed E-state index contributed by atoms with van der Waals surface area (Å²) in [4.78, 5) is 0. The molecule has 0 aromatic rings. The van der Waals surface area contributed by atoms with Crippen molar-refractivity contribution in [2.45, 2.75) is 57.0 Å². The van der Waals surface area contributed by atoms with Gasteiger partial charge in [0.2, 0.25) is 0 Å². The maximum atomic E-state index is 12.5. The monoisotopic (exact) mass is 290 g/mol. The van der Waals surface area contributed by atoms with E-state index in [9.17, 15) is 13.5 Å². The second-order valence-corrected chi connectivity index (χ2v) is 8.04. The van der Waals surface area contributed by atoms with E-state index < -0.39 is 15.8 Å². The SMILES string of the molecule is CN(CC1(O)CCCC1)S(=O)(=O)N1CCCCCC1. The Morgan fingerprint density at radius 1 is 1.05 bits per heavy atom. The zero-order valence-electron chi connectivity index (χ0n) is 11.8. The molecule has 2 fully saturated rings. The number of hydrogen-bond acceptors (Lipinski definition) is 3. The fraction of sp³-hybridized carbons (Fsp3) is 1.00. The fourth-order valence-corrected chi connectivity index (χ4v) is 4.67. The minimum absolute atomic E-state index is 0.228. The third-order valence-electron chi connectivity index (χ3n) is 4.34. The predicted molar refractivity (Wildman–Crippen MR) is 75.0 cm³/mol. The van der Waals surface area contributed by atoms with E-state index in [0.717, 1.165) is 38.5 Å². The summed E-state index contributed by atoms with van der Waals surface area (Å²) in [5, 5.41) is 10.4. The molecule has 0 radical (unpaired) electrons. The van der Waals surface area contributed by atoms with Crippen LogP contribution in [0.3, 0.4) is 0 Å². The van der Waals surface area contributed by atoms with Crippen LogP contribution in [0.1, 0.15) is 51.4 Å². The molecule has 2 rings (SSSR count). The van der Waals surface area contributed by atoms with Crippen LogP contribution in [0.25, 0.3) is 0 Å². The largest absolute Gasteiger partial charge is 0.389 e. The first-order chi connectivity index (χ1) is 8.94. The summed E-state index contributed by atoms with van der Waals surface area (Å²) in [6.45, 7) is 1.46. The molecule has 0 aromatic carbocycles. The number of aliphatic hydroxyl groups is 1. The summed E-state index contributed by atoms with van der Waals surface area (Å²) in [5.41, 5.74) is -0.812. The van der Waals surface area contributed by atoms with E-state index in [0.29, 0.717) is 25.9 Å². The standard InChI is InChI=1S/C13H26N2O3S/c1-14(12-13(16)8-4-5-9-13)19(17,18)15-10-6-2-3-7-11-15/h16H,2-12H2,1H3. The van der Waals surface area contributed by atoms with E-state index in [-0.39, 0.29) is 6.54 Å². The Hall–Kier alpha value is -0.170. The molecule has 0 bridgehead atoms. The van der Waals surface area contributed by atoms with E-state index in [1.165, 1.54) is 4.31 Å². The second-order valence-electron chi connectivity index (χ2n) is 6.01. The summed E-state index contributed by atoms with van der Waals surface area (Å²) in [7, 11) is -1.81. The zero-order valence-corrected chi connectivity index (χ0v) is 12.7. The maximum absolute atomic E-state index is 12.5. The first kappa shape index (κ1) is 15.2. The molecule has 1 aliphatic carbocycles. The lowest BCUT2D eigenvalue weighted by Gasteiger charge is -2.31. The van der Waals surface area contributed by atoms with Gasteiger partial charge in [0.15, 0.2) is 0 Å². The molecular formula is C13H26N2O3S. The quantitative estimate of drug-likeness (QED) is 0.850. The van der Waals surface area contributed by atoms with Crippen LogP contribution in [0.2, 0.25) is 0 Å². The van der Waals surface area contributed by atoms with Crippen LogP contribution in [0.5, 0.6) is 0 Å². The third-order valence-corrected chi connectivity index (χ3v) is 6.27. The Labute approximate surface area is 116 Å². The molecule has 0 atom stereocenters. The van der Waals surface area contributed by atoms with Crippen molar-refractivity contribution in [1.82, 2.24) is 8.61 Å². The summed E-state index contributed by atoms with van der Waals surface area (Å²) in [5.74, 6) is 0. The molecule has 2 aliphatic rings. The lowest BCUT2D eigenvalue weighted by molar-refractivity contribution is 0.0322. The third kappa shape index (κ3) is 3.68. The smallest absolute Gasteiger partial charge is 0.281 e. The molecule has 0 spiro atoms. The Morgan fingerprint density at radius 3 is 2.11 bits per heavy atom. The highest BCUT2D eigenvalue weighted by molar-refractivity contribution is 7.86. The highest BCUT2D eigenvalue weighted by Crippen LogP contribution is 2.31. The van der Waals surface area contributed by atoms with Crippen molar-refractivity contribution >= 4 is 10.2 Å². The lowest BCUT2D eigenvalue weighted by Crippen LogP contribution is -2.48. The van der Waals surface area contributed by atoms with Gasteiger partial charge in [-0.25, -0.2) is 0 Å². The van der Waals surface area contributed by atoms with Gasteiger partial charge >= 0.3 is 0 Å². The number of likely N-dealkylation sites (N-methyl/N-ethyl adjacent to an activating group) is 1. The highest BCUT2D eigenvalue weighted by atomic mass is 32.2. The van der Waals surface area contributed by atoms with Gasteiger partial charge in [-0.05, 0) is 25.7 Å². The van der Waals surface area contributed by atoms with Gasteiger partial charge in [0.1, 0.15) is 0 Å². The fourth-order valence-electron chi connectivity index (χ4n) is 3.16. The van der Waals surface area contributed by atoms with Crippen molar-refractivity contribution in [3.05, 3.63) is 0 Å². The molecule has 1 aliphatic heterocycles. The average molecular weight is 290 g/mol. The van der Waals surface area contributed by atoms with Crippen molar-refractivity contribution in [2.75, 3.05) is 26.7 Å². The average Bonchev–Trinajstić information content (AvgIpc) is 2.64. The van der Waals surface area contributed by atoms with Crippen LogP contribution in [0.15, 0.2) is 0 Å². The van der Waals surface area contributed by atoms with Crippen molar-refractivity contribution in [3.63, 3.8) is 0 Å². The Balaban J connectivity index is 2.01. The van der Waals surface area contributed by atoms with E-state index in [4.69, 9.17) is 0 Å². The molecule has 1 N–H and O–H groups in total. The van der Waals surface area contributed by atoms with Gasteiger partial charge in [0.05, 0.1) is 5.60 Å². The molecule has 5 nitrogen and oxygen atoms in total. The van der Waals surface area contributed by atoms with Crippen molar-refractivity contribution < 1.29 is 13.5 Å². The first-order valence-corrected chi connectivity index (χ1v) is 8.78. The minimum atomic E-state index is -3.40. The number of hydrogen-bond donors (Lipinski definition) is 1. The normalized spacial score (nSPS) is 25.6. The van der Waals surface area contributed by atoms with Gasteiger partial charge in [-0.1, -0.05) is 25.7 Å². The maximum Gasteiger partial charge on any atom is 0.281 e. The molecule has 0 amide bonds. The van der Waals surface area contributed by atoms with Gasteiger partial charge in [0, 0.05) is 26.7 Å². The minimum Gasteiger partial charge on any atom is -0.389 e. The highest BCUT2D eigenvalue weighted by Gasteiger charge is 2.37. The molecule has 1 saturated heterocycles. The Kier molecular flexibility index (Phi) is 4.87. The lowest BCUT2D eigenvalue weighted by atomic mass is 10.0. The van der Waals surface area contributed by atoms with Crippen molar-refractivity contribution in [3.8, 4) is 0 Å². The summed E-state index contributed by atoms with van der Waals surface area (Å²) in [6, 6.07) is 0. The zero-order chi connectivity index (χ0) is 13.9. The molecule has 0 aromatic heterocycles. The van der Waals surface area contributed by atoms with Gasteiger partial charge in [-0.2, -0.15) is 17.0 Å². The first-order valence-electron chi connectivity index (χ1n) is 7.38. The van der Waals surface area contributed by atoms with E-state index in [1.54, 1.807) is 11.4 Å². The van der Waals surface area contributed by atoms with Gasteiger partial charge in [-0.15, -0.1) is 0 Å². The van der Waals surface area contributed by atoms with Crippen molar-refractivity contribution in [2.24, 2.45) is 0 Å². The summed E-state index contributed by atoms with van der Waals surface area (Å²) >= 11 is 0. The van der Waals surface area contributed by atoms with Crippen LogP contribution < -0.4 is 0 Å². The van der Waals surface area contributed by atoms with Crippen LogP contribution in [0.4, 0.5) is 0 Å². The molecule has 0 unspecified atom stereocenters. The van der Waals surface area contributed by atoms with Gasteiger partial charge in [-0.3, -0.25) is 0 Å². The second kappa shape index (κ2) is 6.08. The number of nitrogens with zero attached hydrogens (tertiary/aromatic N) is 2. The van der Waals surface area contributed by atoms with E-state index >= 15 is 0 Å². The Bertz CT molecular complexity index is 383. The van der Waals surface area contributed by atoms with Crippen LogP contribution in [0, 0.1) is 0 Å². The molecule has 19 heavy (non-hydrogen) atoms. The molecule has 112 valence electrons. The van der Waals surface area contributed by atoms with Crippen LogP contribution in [-0.2, 0) is 10.2 Å². The van der Waals surface area contributed by atoms with Crippen molar-refractivity contribution in [1.29, 1.82) is 0 Å². The molecule has 1 heterocycles. The van der Waals surface area contributed by atoms with Crippen LogP contribution in [-0.4, -0.2) is 54.4 Å². The van der Waals surface area contributed by atoms with Gasteiger partial charge < -0.3 is 5.11 Å². The van der Waals surface area contributed by atoms with Crippen LogP contribution >= 0.6 is 0 Å². The molecule has 6 heteroatoms. The van der Waals surface area contributed by atoms with E-state index in [1.807, 2.05) is 0 Å². The predicted octanol–water partition coefficient (Wildman–Crippen LogP) is 1.34. The Morgan fingerprint density at radius 2 is 1.58 bits per heavy atom. The summed E-state index contributed by atoms with van der Waals surface area (Å²) < 4.78 is 28.0.